The Labute approximate surface area is 61.0 Å². The molecule has 1 aliphatic heterocycles. The number of rotatable bonds is 0. The highest BCUT2D eigenvalue weighted by atomic mass is 15.1. The molecule has 1 heterocycles. The lowest BCUT2D eigenvalue weighted by molar-refractivity contribution is 0.497. The summed E-state index contributed by atoms with van der Waals surface area (Å²) >= 11 is 0. The molecular formula is C8H12N2. The quantitative estimate of drug-likeness (QED) is 0.489. The monoisotopic (exact) mass is 136 g/mol. The van der Waals surface area contributed by atoms with Crippen molar-refractivity contribution in [3.8, 4) is 0 Å². The third kappa shape index (κ3) is 0.877. The predicted molar refractivity (Wildman–Crippen MR) is 39.8 cm³/mol. The third-order valence-corrected chi connectivity index (χ3v) is 2.34. The average Bonchev–Trinajstić information content (AvgIpc) is 2.33. The Hall–Kier alpha value is -0.660. The van der Waals surface area contributed by atoms with Gasteiger partial charge in [0.1, 0.15) is 0 Å². The highest BCUT2D eigenvalue weighted by molar-refractivity contribution is 5.20. The van der Waals surface area contributed by atoms with Gasteiger partial charge in [0.05, 0.1) is 12.2 Å². The van der Waals surface area contributed by atoms with Crippen molar-refractivity contribution in [2.45, 2.75) is 26.2 Å². The van der Waals surface area contributed by atoms with Gasteiger partial charge in [0.2, 0.25) is 0 Å². The topological polar surface area (TPSA) is 24.7 Å². The normalized spacial score (nSPS) is 31.1. The molecule has 0 radical (unpaired) electrons. The van der Waals surface area contributed by atoms with Gasteiger partial charge in [-0.05, 0) is 30.8 Å². The van der Waals surface area contributed by atoms with E-state index in [2.05, 4.69) is 17.2 Å². The summed E-state index contributed by atoms with van der Waals surface area (Å²) in [6.45, 7) is 3.18. The van der Waals surface area contributed by atoms with Gasteiger partial charge >= 0.3 is 0 Å². The summed E-state index contributed by atoms with van der Waals surface area (Å²) in [6, 6.07) is 0. The Balaban J connectivity index is 2.19. The van der Waals surface area contributed by atoms with E-state index in [0.717, 1.165) is 12.5 Å². The first-order valence-corrected chi connectivity index (χ1v) is 3.94. The van der Waals surface area contributed by atoms with Gasteiger partial charge in [-0.25, -0.2) is 0 Å². The smallest absolute Gasteiger partial charge is 0.0834 e. The molecule has 2 rings (SSSR count). The van der Waals surface area contributed by atoms with Gasteiger partial charge in [0.25, 0.3) is 0 Å². The fraction of sp³-hybridized carbons (Fsp3) is 0.750. The molecule has 0 saturated carbocycles. The van der Waals surface area contributed by atoms with Gasteiger partial charge in [-0.3, -0.25) is 0 Å². The lowest BCUT2D eigenvalue weighted by Crippen LogP contribution is -2.05. The van der Waals surface area contributed by atoms with E-state index >= 15 is 0 Å². The molecule has 2 aliphatic rings. The third-order valence-electron chi connectivity index (χ3n) is 2.34. The van der Waals surface area contributed by atoms with Crippen molar-refractivity contribution in [3.63, 3.8) is 0 Å². The zero-order chi connectivity index (χ0) is 6.97. The van der Waals surface area contributed by atoms with Crippen molar-refractivity contribution in [1.29, 1.82) is 0 Å². The zero-order valence-electron chi connectivity index (χ0n) is 6.30. The second-order valence-electron chi connectivity index (χ2n) is 3.30. The molecule has 0 saturated heterocycles. The van der Waals surface area contributed by atoms with Crippen LogP contribution in [0.3, 0.4) is 0 Å². The summed E-state index contributed by atoms with van der Waals surface area (Å²) in [5.41, 5.74) is 2.79. The van der Waals surface area contributed by atoms with Crippen LogP contribution in [0.5, 0.6) is 0 Å². The largest absolute Gasteiger partial charge is 0.184 e. The molecule has 54 valence electrons. The van der Waals surface area contributed by atoms with Crippen LogP contribution in [0.4, 0.5) is 0 Å². The lowest BCUT2D eigenvalue weighted by Gasteiger charge is -2.17. The SMILES string of the molecule is CC1CCC2=C(C1)N=NC2. The van der Waals surface area contributed by atoms with E-state index in [1.807, 2.05) is 0 Å². The molecule has 0 spiro atoms. The van der Waals surface area contributed by atoms with Crippen LogP contribution in [0.1, 0.15) is 26.2 Å². The van der Waals surface area contributed by atoms with Crippen molar-refractivity contribution in [3.05, 3.63) is 11.3 Å². The summed E-state index contributed by atoms with van der Waals surface area (Å²) in [4.78, 5) is 0. The van der Waals surface area contributed by atoms with Crippen molar-refractivity contribution < 1.29 is 0 Å². The minimum absolute atomic E-state index is 0.829. The molecule has 0 aromatic carbocycles. The molecule has 0 N–H and O–H groups in total. The summed E-state index contributed by atoms with van der Waals surface area (Å²) in [5.74, 6) is 0.829. The van der Waals surface area contributed by atoms with Crippen LogP contribution in [0.2, 0.25) is 0 Å². The first kappa shape index (κ1) is 6.08. The van der Waals surface area contributed by atoms with Gasteiger partial charge in [0, 0.05) is 0 Å². The maximum absolute atomic E-state index is 4.11. The Kier molecular flexibility index (Phi) is 1.33. The molecular weight excluding hydrogens is 124 g/mol. The van der Waals surface area contributed by atoms with Crippen LogP contribution < -0.4 is 0 Å². The molecule has 0 fully saturated rings. The Morgan fingerprint density at radius 2 is 2.40 bits per heavy atom. The molecule has 2 heteroatoms. The highest BCUT2D eigenvalue weighted by Crippen LogP contribution is 2.32. The summed E-state index contributed by atoms with van der Waals surface area (Å²) in [5, 5.41) is 8.13. The highest BCUT2D eigenvalue weighted by Gasteiger charge is 2.20. The summed E-state index contributed by atoms with van der Waals surface area (Å²) in [6.07, 6.45) is 3.74. The van der Waals surface area contributed by atoms with E-state index in [1.54, 1.807) is 0 Å². The maximum Gasteiger partial charge on any atom is 0.0834 e. The zero-order valence-corrected chi connectivity index (χ0v) is 6.30. The minimum Gasteiger partial charge on any atom is -0.184 e. The molecule has 0 aromatic heterocycles. The number of allylic oxidation sites excluding steroid dienone is 1. The second-order valence-corrected chi connectivity index (χ2v) is 3.30. The molecule has 2 nitrogen and oxygen atoms in total. The number of azo groups is 1. The number of hydrogen-bond acceptors (Lipinski definition) is 2. The van der Waals surface area contributed by atoms with E-state index < -0.39 is 0 Å². The molecule has 10 heavy (non-hydrogen) atoms. The summed E-state index contributed by atoms with van der Waals surface area (Å²) in [7, 11) is 0. The van der Waals surface area contributed by atoms with Crippen molar-refractivity contribution in [2.24, 2.45) is 16.1 Å². The molecule has 1 atom stereocenters. The van der Waals surface area contributed by atoms with Gasteiger partial charge in [-0.2, -0.15) is 10.2 Å². The van der Waals surface area contributed by atoms with Crippen molar-refractivity contribution >= 4 is 0 Å². The predicted octanol–water partition coefficient (Wildman–Crippen LogP) is 2.53. The molecule has 0 amide bonds. The Morgan fingerprint density at radius 3 is 3.30 bits per heavy atom. The maximum atomic E-state index is 4.11. The van der Waals surface area contributed by atoms with E-state index in [-0.39, 0.29) is 0 Å². The molecule has 0 bridgehead atoms. The van der Waals surface area contributed by atoms with Crippen LogP contribution in [-0.2, 0) is 0 Å². The van der Waals surface area contributed by atoms with E-state index in [9.17, 15) is 0 Å². The van der Waals surface area contributed by atoms with Crippen LogP contribution in [-0.4, -0.2) is 6.54 Å². The fourth-order valence-corrected chi connectivity index (χ4v) is 1.63. The number of nitrogens with zero attached hydrogens (tertiary/aromatic N) is 2. The van der Waals surface area contributed by atoms with Gasteiger partial charge in [-0.1, -0.05) is 6.92 Å². The van der Waals surface area contributed by atoms with Crippen LogP contribution in [0.25, 0.3) is 0 Å². The van der Waals surface area contributed by atoms with Gasteiger partial charge in [-0.15, -0.1) is 0 Å². The Bertz CT molecular complexity index is 203. The molecule has 1 unspecified atom stereocenters. The van der Waals surface area contributed by atoms with E-state index in [0.29, 0.717) is 0 Å². The van der Waals surface area contributed by atoms with Crippen LogP contribution in [0, 0.1) is 5.92 Å². The minimum atomic E-state index is 0.829. The van der Waals surface area contributed by atoms with Crippen molar-refractivity contribution in [1.82, 2.24) is 0 Å². The summed E-state index contributed by atoms with van der Waals surface area (Å²) < 4.78 is 0. The Morgan fingerprint density at radius 1 is 1.50 bits per heavy atom. The lowest BCUT2D eigenvalue weighted by atomic mass is 9.89. The molecule has 0 aromatic rings. The van der Waals surface area contributed by atoms with E-state index in [4.69, 9.17) is 0 Å². The standard InChI is InChI=1S/C8H12N2/c1-6-2-3-7-5-9-10-8(7)4-6/h6H,2-5H2,1H3. The molecule has 1 aliphatic carbocycles. The fourth-order valence-electron chi connectivity index (χ4n) is 1.63. The first-order valence-electron chi connectivity index (χ1n) is 3.94. The van der Waals surface area contributed by atoms with Crippen LogP contribution in [0.15, 0.2) is 21.5 Å². The van der Waals surface area contributed by atoms with Crippen LogP contribution >= 0.6 is 0 Å². The van der Waals surface area contributed by atoms with Crippen molar-refractivity contribution in [2.75, 3.05) is 6.54 Å². The van der Waals surface area contributed by atoms with Gasteiger partial charge in [0.15, 0.2) is 0 Å². The second kappa shape index (κ2) is 2.19. The average molecular weight is 136 g/mol. The van der Waals surface area contributed by atoms with Gasteiger partial charge < -0.3 is 0 Å². The number of hydrogen-bond donors (Lipinski definition) is 0. The van der Waals surface area contributed by atoms with E-state index in [1.165, 1.54) is 30.5 Å². The first-order chi connectivity index (χ1) is 4.86.